The molecule has 1 aromatic rings. The molecule has 0 saturated heterocycles. The van der Waals surface area contributed by atoms with Crippen LogP contribution in [0.4, 0.5) is 0 Å². The minimum absolute atomic E-state index is 0.114. The minimum atomic E-state index is -0.491. The lowest BCUT2D eigenvalue weighted by atomic mass is 10.1. The fourth-order valence-corrected chi connectivity index (χ4v) is 1.74. The summed E-state index contributed by atoms with van der Waals surface area (Å²) in [5.41, 5.74) is 0.689. The maximum atomic E-state index is 11.9. The smallest absolute Gasteiger partial charge is 0.256 e. The zero-order chi connectivity index (χ0) is 13.3. The first kappa shape index (κ1) is 12.6. The van der Waals surface area contributed by atoms with Gasteiger partial charge in [-0.25, -0.2) is 4.99 Å². The maximum absolute atomic E-state index is 11.9. The largest absolute Gasteiger partial charge is 0.351 e. The van der Waals surface area contributed by atoms with Gasteiger partial charge in [-0.1, -0.05) is 0 Å². The van der Waals surface area contributed by atoms with Crippen LogP contribution in [0.2, 0.25) is 0 Å². The summed E-state index contributed by atoms with van der Waals surface area (Å²) in [7, 11) is 0. The van der Waals surface area contributed by atoms with Gasteiger partial charge < -0.3 is 5.32 Å². The van der Waals surface area contributed by atoms with Gasteiger partial charge in [-0.05, 0) is 27.7 Å². The van der Waals surface area contributed by atoms with Gasteiger partial charge in [-0.15, -0.1) is 0 Å². The molecule has 0 bridgehead atoms. The molecule has 2 rings (SSSR count). The van der Waals surface area contributed by atoms with Crippen LogP contribution in [-0.4, -0.2) is 27.2 Å². The molecule has 0 fully saturated rings. The lowest BCUT2D eigenvalue weighted by Crippen LogP contribution is -2.46. The molecule has 0 spiro atoms. The predicted octanol–water partition coefficient (Wildman–Crippen LogP) is 0.818. The lowest BCUT2D eigenvalue weighted by Gasteiger charge is -2.21. The molecule has 1 aliphatic rings. The number of amides is 1. The van der Waals surface area contributed by atoms with Gasteiger partial charge in [0.05, 0.1) is 6.20 Å². The van der Waals surface area contributed by atoms with Crippen molar-refractivity contribution >= 4 is 11.9 Å². The third-order valence-electron chi connectivity index (χ3n) is 2.53. The maximum Gasteiger partial charge on any atom is 0.256 e. The summed E-state index contributed by atoms with van der Waals surface area (Å²) in [6.45, 7) is 8.84. The average Bonchev–Trinajstić information content (AvgIpc) is 2.82. The van der Waals surface area contributed by atoms with Crippen LogP contribution in [0.15, 0.2) is 17.4 Å². The van der Waals surface area contributed by atoms with Crippen LogP contribution >= 0.6 is 0 Å². The Kier molecular flexibility index (Phi) is 3.11. The van der Waals surface area contributed by atoms with Crippen LogP contribution in [0, 0.1) is 0 Å². The van der Waals surface area contributed by atoms with Gasteiger partial charge in [0.15, 0.2) is 12.0 Å². The molecule has 6 nitrogen and oxygen atoms in total. The fraction of sp³-hybridized carbons (Fsp3) is 0.583. The van der Waals surface area contributed by atoms with Crippen molar-refractivity contribution in [2.24, 2.45) is 4.99 Å². The van der Waals surface area contributed by atoms with Crippen LogP contribution < -0.4 is 10.6 Å². The molecule has 2 N–H and O–H groups in total. The summed E-state index contributed by atoms with van der Waals surface area (Å²) in [6, 6.07) is -0.491. The summed E-state index contributed by atoms with van der Waals surface area (Å²) in [6.07, 6.45) is 3.55. The molecular weight excluding hydrogens is 230 g/mol. The van der Waals surface area contributed by atoms with E-state index in [9.17, 15) is 4.79 Å². The molecule has 1 atom stereocenters. The first-order valence-corrected chi connectivity index (χ1v) is 6.08. The second-order valence-electron chi connectivity index (χ2n) is 5.37. The predicted molar refractivity (Wildman–Crippen MR) is 69.1 cm³/mol. The Balaban J connectivity index is 2.16. The topological polar surface area (TPSA) is 71.3 Å². The highest BCUT2D eigenvalue weighted by Crippen LogP contribution is 2.20. The Bertz CT molecular complexity index is 483. The van der Waals surface area contributed by atoms with E-state index in [0.717, 1.165) is 12.1 Å². The Hall–Kier alpha value is -1.85. The summed E-state index contributed by atoms with van der Waals surface area (Å²) in [4.78, 5) is 16.2. The van der Waals surface area contributed by atoms with Crippen LogP contribution in [-0.2, 0) is 11.3 Å². The monoisotopic (exact) mass is 249 g/mol. The molecule has 0 aliphatic carbocycles. The van der Waals surface area contributed by atoms with E-state index in [1.807, 2.05) is 33.9 Å². The highest BCUT2D eigenvalue weighted by atomic mass is 16.2. The molecule has 1 aliphatic heterocycles. The molecule has 1 aromatic heterocycles. The molecule has 0 aromatic carbocycles. The minimum Gasteiger partial charge on any atom is -0.351 e. The van der Waals surface area contributed by atoms with Crippen LogP contribution in [0.5, 0.6) is 0 Å². The van der Waals surface area contributed by atoms with Gasteiger partial charge in [0.1, 0.15) is 0 Å². The van der Waals surface area contributed by atoms with Gasteiger partial charge >= 0.3 is 0 Å². The number of carbonyl (C=O) groups excluding carboxylic acids is 1. The molecule has 1 unspecified atom stereocenters. The quantitative estimate of drug-likeness (QED) is 0.815. The van der Waals surface area contributed by atoms with E-state index in [2.05, 4.69) is 20.7 Å². The molecular formula is C12H19N5O. The van der Waals surface area contributed by atoms with Gasteiger partial charge in [0.2, 0.25) is 0 Å². The number of hydrogen-bond donors (Lipinski definition) is 2. The molecule has 6 heteroatoms. The molecule has 1 amide bonds. The number of carbonyl (C=O) groups is 1. The SMILES string of the molecule is CCn1cc(C2N=C(NC(C)(C)C)NC2=O)cn1. The standard InChI is InChI=1S/C12H19N5O/c1-5-17-7-8(6-13-17)9-10(18)15-11(14-9)16-12(2,3)4/h6-7,9H,5H2,1-4H3,(H2,14,15,16,18). The van der Waals surface area contributed by atoms with E-state index >= 15 is 0 Å². The Morgan fingerprint density at radius 2 is 2.22 bits per heavy atom. The number of aliphatic imine (C=N–C) groups is 1. The van der Waals surface area contributed by atoms with Gasteiger partial charge in [0.25, 0.3) is 5.91 Å². The summed E-state index contributed by atoms with van der Waals surface area (Å²) < 4.78 is 1.79. The van der Waals surface area contributed by atoms with Crippen molar-refractivity contribution in [1.82, 2.24) is 20.4 Å². The Morgan fingerprint density at radius 1 is 1.50 bits per heavy atom. The Morgan fingerprint density at radius 3 is 2.78 bits per heavy atom. The second-order valence-corrected chi connectivity index (χ2v) is 5.37. The molecule has 98 valence electrons. The van der Waals surface area contributed by atoms with Crippen molar-refractivity contribution in [2.45, 2.75) is 45.8 Å². The number of guanidine groups is 1. The van der Waals surface area contributed by atoms with Crippen molar-refractivity contribution in [1.29, 1.82) is 0 Å². The molecule has 0 radical (unpaired) electrons. The summed E-state index contributed by atoms with van der Waals surface area (Å²) >= 11 is 0. The Labute approximate surface area is 106 Å². The van der Waals surface area contributed by atoms with Crippen LogP contribution in [0.25, 0.3) is 0 Å². The number of nitrogens with one attached hydrogen (secondary N) is 2. The number of aromatic nitrogens is 2. The third-order valence-corrected chi connectivity index (χ3v) is 2.53. The zero-order valence-corrected chi connectivity index (χ0v) is 11.2. The fourth-order valence-electron chi connectivity index (χ4n) is 1.74. The van der Waals surface area contributed by atoms with Crippen LogP contribution in [0.3, 0.4) is 0 Å². The van der Waals surface area contributed by atoms with Crippen molar-refractivity contribution < 1.29 is 4.79 Å². The molecule has 18 heavy (non-hydrogen) atoms. The number of rotatable bonds is 2. The molecule has 0 saturated carbocycles. The van der Waals surface area contributed by atoms with Gasteiger partial charge in [0, 0.05) is 23.8 Å². The third kappa shape index (κ3) is 2.69. The van der Waals surface area contributed by atoms with E-state index in [-0.39, 0.29) is 11.4 Å². The van der Waals surface area contributed by atoms with E-state index in [4.69, 9.17) is 0 Å². The van der Waals surface area contributed by atoms with Gasteiger partial charge in [-0.3, -0.25) is 14.8 Å². The highest BCUT2D eigenvalue weighted by molar-refractivity contribution is 6.05. The first-order chi connectivity index (χ1) is 8.39. The lowest BCUT2D eigenvalue weighted by molar-refractivity contribution is -0.120. The normalized spacial score (nSPS) is 19.7. The van der Waals surface area contributed by atoms with Crippen molar-refractivity contribution in [3.05, 3.63) is 18.0 Å². The van der Waals surface area contributed by atoms with Crippen molar-refractivity contribution in [3.63, 3.8) is 0 Å². The summed E-state index contributed by atoms with van der Waals surface area (Å²) in [5, 5.41) is 10.1. The van der Waals surface area contributed by atoms with Crippen LogP contribution in [0.1, 0.15) is 39.3 Å². The van der Waals surface area contributed by atoms with E-state index in [1.165, 1.54) is 0 Å². The number of nitrogens with zero attached hydrogens (tertiary/aromatic N) is 3. The number of hydrogen-bond acceptors (Lipinski definition) is 4. The second kappa shape index (κ2) is 4.44. The van der Waals surface area contributed by atoms with Crippen molar-refractivity contribution in [2.75, 3.05) is 0 Å². The zero-order valence-electron chi connectivity index (χ0n) is 11.2. The van der Waals surface area contributed by atoms with Gasteiger partial charge in [-0.2, -0.15) is 5.10 Å². The van der Waals surface area contributed by atoms with E-state index < -0.39 is 6.04 Å². The first-order valence-electron chi connectivity index (χ1n) is 6.08. The molecule has 2 heterocycles. The van der Waals surface area contributed by atoms with E-state index in [1.54, 1.807) is 10.9 Å². The van der Waals surface area contributed by atoms with Crippen molar-refractivity contribution in [3.8, 4) is 0 Å². The van der Waals surface area contributed by atoms with E-state index in [0.29, 0.717) is 5.96 Å². The summed E-state index contributed by atoms with van der Waals surface area (Å²) in [5.74, 6) is 0.416. The number of aryl methyl sites for hydroxylation is 1. The average molecular weight is 249 g/mol. The highest BCUT2D eigenvalue weighted by Gasteiger charge is 2.30.